The Bertz CT molecular complexity index is 664. The zero-order valence-corrected chi connectivity index (χ0v) is 13.3. The van der Waals surface area contributed by atoms with Crippen molar-refractivity contribution in [1.82, 2.24) is 4.90 Å². The lowest BCUT2D eigenvalue weighted by molar-refractivity contribution is -0.0681. The van der Waals surface area contributed by atoms with Crippen LogP contribution in [0.2, 0.25) is 0 Å². The summed E-state index contributed by atoms with van der Waals surface area (Å²) in [5.74, 6) is 2.34. The molecule has 0 aromatic heterocycles. The summed E-state index contributed by atoms with van der Waals surface area (Å²) in [4.78, 5) is 14.0. The summed E-state index contributed by atoms with van der Waals surface area (Å²) >= 11 is 0. The number of nitrogens with zero attached hydrogens (tertiary/aromatic N) is 1. The highest BCUT2D eigenvalue weighted by Crippen LogP contribution is 2.55. The number of carbonyl (C=O) groups is 1. The maximum absolute atomic E-state index is 11.5. The van der Waals surface area contributed by atoms with E-state index in [-0.39, 0.29) is 11.6 Å². The largest absolute Gasteiger partial charge is 0.465 e. The average molecular weight is 313 g/mol. The van der Waals surface area contributed by atoms with Crippen LogP contribution in [0.15, 0.2) is 18.2 Å². The Labute approximate surface area is 136 Å². The van der Waals surface area contributed by atoms with Gasteiger partial charge in [-0.05, 0) is 62.9 Å². The minimum Gasteiger partial charge on any atom is -0.465 e. The van der Waals surface area contributed by atoms with Gasteiger partial charge in [-0.3, -0.25) is 4.79 Å². The number of ether oxygens (including phenoxy) is 1. The van der Waals surface area contributed by atoms with Crippen molar-refractivity contribution in [3.05, 3.63) is 23.8 Å². The van der Waals surface area contributed by atoms with Gasteiger partial charge in [0.1, 0.15) is 5.75 Å². The third kappa shape index (κ3) is 1.99. The van der Waals surface area contributed by atoms with Crippen molar-refractivity contribution in [3.63, 3.8) is 0 Å². The van der Waals surface area contributed by atoms with Crippen LogP contribution in [0.4, 0.5) is 5.69 Å². The van der Waals surface area contributed by atoms with Crippen LogP contribution in [-0.4, -0.2) is 36.2 Å². The second kappa shape index (κ2) is 4.63. The number of benzene rings is 1. The lowest BCUT2D eigenvalue weighted by atomic mass is 9.72. The Morgan fingerprint density at radius 1 is 1.26 bits per heavy atom. The van der Waals surface area contributed by atoms with Crippen molar-refractivity contribution in [2.75, 3.05) is 25.0 Å². The predicted octanol–water partition coefficient (Wildman–Crippen LogP) is 2.04. The van der Waals surface area contributed by atoms with Gasteiger partial charge >= 0.3 is 0 Å². The van der Waals surface area contributed by atoms with Crippen LogP contribution >= 0.6 is 0 Å². The van der Waals surface area contributed by atoms with E-state index in [9.17, 15) is 4.79 Å². The molecule has 5 heteroatoms. The molecule has 5 nitrogen and oxygen atoms in total. The number of anilines is 1. The molecule has 0 spiro atoms. The van der Waals surface area contributed by atoms with E-state index in [1.807, 2.05) is 12.1 Å². The SMILES string of the molecule is NC(=O)c1ccc2c(c1)NC(C1CC1)(C1CN3CCC1CC3)O2. The van der Waals surface area contributed by atoms with E-state index in [0.717, 1.165) is 23.9 Å². The zero-order chi connectivity index (χ0) is 15.6. The second-order valence-electron chi connectivity index (χ2n) is 7.61. The molecule has 1 aromatic carbocycles. The molecule has 23 heavy (non-hydrogen) atoms. The van der Waals surface area contributed by atoms with Gasteiger partial charge in [0.2, 0.25) is 5.91 Å². The van der Waals surface area contributed by atoms with Crippen LogP contribution in [0, 0.1) is 17.8 Å². The molecule has 1 aliphatic carbocycles. The fourth-order valence-electron chi connectivity index (χ4n) is 4.91. The van der Waals surface area contributed by atoms with Gasteiger partial charge in [0.05, 0.1) is 5.69 Å². The molecule has 1 saturated carbocycles. The average Bonchev–Trinajstić information content (AvgIpc) is 3.36. The van der Waals surface area contributed by atoms with Crippen LogP contribution in [-0.2, 0) is 0 Å². The predicted molar refractivity (Wildman–Crippen MR) is 87.3 cm³/mol. The third-order valence-electron chi connectivity index (χ3n) is 6.26. The van der Waals surface area contributed by atoms with E-state index < -0.39 is 0 Å². The van der Waals surface area contributed by atoms with Crippen molar-refractivity contribution in [2.45, 2.75) is 31.4 Å². The van der Waals surface area contributed by atoms with Crippen molar-refractivity contribution >= 4 is 11.6 Å². The Morgan fingerprint density at radius 2 is 2.04 bits per heavy atom. The monoisotopic (exact) mass is 313 g/mol. The number of primary amides is 1. The summed E-state index contributed by atoms with van der Waals surface area (Å²) in [5, 5.41) is 3.70. The molecule has 6 rings (SSSR count). The number of carbonyl (C=O) groups excluding carboxylic acids is 1. The van der Waals surface area contributed by atoms with Crippen LogP contribution < -0.4 is 15.8 Å². The molecular weight excluding hydrogens is 290 g/mol. The molecule has 5 aliphatic rings. The van der Waals surface area contributed by atoms with Crippen molar-refractivity contribution in [2.24, 2.45) is 23.5 Å². The molecule has 1 aromatic rings. The standard InChI is InChI=1S/C18H23N3O2/c19-17(22)12-1-4-16-15(9-12)20-18(23-16,13-2-3-13)14-10-21-7-5-11(14)6-8-21/h1,4,9,11,13-14,20H,2-3,5-8,10H2,(H2,19,22). The van der Waals surface area contributed by atoms with Gasteiger partial charge in [0.15, 0.2) is 5.72 Å². The highest BCUT2D eigenvalue weighted by Gasteiger charge is 2.59. The quantitative estimate of drug-likeness (QED) is 0.896. The number of amides is 1. The molecular formula is C18H23N3O2. The second-order valence-corrected chi connectivity index (χ2v) is 7.61. The van der Waals surface area contributed by atoms with Gasteiger partial charge in [0.25, 0.3) is 0 Å². The highest BCUT2D eigenvalue weighted by atomic mass is 16.5. The summed E-state index contributed by atoms with van der Waals surface area (Å²) in [7, 11) is 0. The van der Waals surface area contributed by atoms with Gasteiger partial charge in [-0.15, -0.1) is 0 Å². The summed E-state index contributed by atoms with van der Waals surface area (Å²) in [6.45, 7) is 3.60. The molecule has 2 atom stereocenters. The van der Waals surface area contributed by atoms with Gasteiger partial charge in [-0.25, -0.2) is 0 Å². The fraction of sp³-hybridized carbons (Fsp3) is 0.611. The van der Waals surface area contributed by atoms with Crippen LogP contribution in [0.25, 0.3) is 0 Å². The molecule has 4 fully saturated rings. The first kappa shape index (κ1) is 13.7. The number of fused-ring (bicyclic) bond motifs is 4. The number of rotatable bonds is 3. The van der Waals surface area contributed by atoms with Crippen LogP contribution in [0.5, 0.6) is 5.75 Å². The molecule has 122 valence electrons. The lowest BCUT2D eigenvalue weighted by Gasteiger charge is -2.51. The number of nitrogens with two attached hydrogens (primary N) is 1. The smallest absolute Gasteiger partial charge is 0.248 e. The summed E-state index contributed by atoms with van der Waals surface area (Å²) in [5.41, 5.74) is 6.63. The van der Waals surface area contributed by atoms with Gasteiger partial charge < -0.3 is 20.7 Å². The zero-order valence-electron chi connectivity index (χ0n) is 13.3. The Balaban J connectivity index is 1.51. The van der Waals surface area contributed by atoms with E-state index in [0.29, 0.717) is 17.4 Å². The summed E-state index contributed by atoms with van der Waals surface area (Å²) in [6, 6.07) is 5.51. The molecule has 1 amide bonds. The third-order valence-corrected chi connectivity index (χ3v) is 6.26. The first-order valence-electron chi connectivity index (χ1n) is 8.79. The number of nitrogens with one attached hydrogen (secondary N) is 1. The van der Waals surface area contributed by atoms with E-state index in [4.69, 9.17) is 10.5 Å². The Morgan fingerprint density at radius 3 is 2.65 bits per heavy atom. The summed E-state index contributed by atoms with van der Waals surface area (Å²) < 4.78 is 6.56. The molecule has 4 aliphatic heterocycles. The maximum atomic E-state index is 11.5. The Kier molecular flexibility index (Phi) is 2.75. The van der Waals surface area contributed by atoms with Crippen molar-refractivity contribution in [1.29, 1.82) is 0 Å². The van der Waals surface area contributed by atoms with E-state index in [2.05, 4.69) is 10.2 Å². The minimum absolute atomic E-state index is 0.275. The van der Waals surface area contributed by atoms with Crippen LogP contribution in [0.3, 0.4) is 0 Å². The van der Waals surface area contributed by atoms with Crippen molar-refractivity contribution in [3.8, 4) is 5.75 Å². The number of piperidine rings is 3. The van der Waals surface area contributed by atoms with E-state index in [1.165, 1.54) is 38.8 Å². The van der Waals surface area contributed by atoms with Gasteiger partial charge in [-0.2, -0.15) is 0 Å². The lowest BCUT2D eigenvalue weighted by Crippen LogP contribution is -2.61. The molecule has 4 heterocycles. The normalized spacial score (nSPS) is 37.8. The molecule has 2 unspecified atom stereocenters. The maximum Gasteiger partial charge on any atom is 0.248 e. The molecule has 3 saturated heterocycles. The fourth-order valence-corrected chi connectivity index (χ4v) is 4.91. The van der Waals surface area contributed by atoms with E-state index in [1.54, 1.807) is 6.07 Å². The topological polar surface area (TPSA) is 67.6 Å². The first-order chi connectivity index (χ1) is 11.2. The Hall–Kier alpha value is -1.75. The minimum atomic E-state index is -0.388. The van der Waals surface area contributed by atoms with E-state index >= 15 is 0 Å². The van der Waals surface area contributed by atoms with Crippen molar-refractivity contribution < 1.29 is 9.53 Å². The number of hydrogen-bond donors (Lipinski definition) is 2. The molecule has 3 N–H and O–H groups in total. The van der Waals surface area contributed by atoms with Gasteiger partial charge in [0, 0.05) is 23.9 Å². The summed E-state index contributed by atoms with van der Waals surface area (Å²) in [6.07, 6.45) is 5.03. The molecule has 2 bridgehead atoms. The first-order valence-corrected chi connectivity index (χ1v) is 8.79. The number of hydrogen-bond acceptors (Lipinski definition) is 4. The van der Waals surface area contributed by atoms with Gasteiger partial charge in [-0.1, -0.05) is 0 Å². The highest BCUT2D eigenvalue weighted by molar-refractivity contribution is 5.94. The van der Waals surface area contributed by atoms with Crippen LogP contribution in [0.1, 0.15) is 36.0 Å². The molecule has 0 radical (unpaired) electrons.